The third-order valence-corrected chi connectivity index (χ3v) is 3.90. The van der Waals surface area contributed by atoms with E-state index in [4.69, 9.17) is 0 Å². The zero-order chi connectivity index (χ0) is 12.4. The molecule has 3 rings (SSSR count). The third-order valence-electron chi connectivity index (χ3n) is 2.84. The Hall–Kier alpha value is -1.80. The van der Waals surface area contributed by atoms with Crippen molar-refractivity contribution in [3.63, 3.8) is 0 Å². The van der Waals surface area contributed by atoms with Crippen molar-refractivity contribution < 1.29 is 0 Å². The molecule has 0 bridgehead atoms. The lowest BCUT2D eigenvalue weighted by molar-refractivity contribution is 1.33. The van der Waals surface area contributed by atoms with Gasteiger partial charge in [0.25, 0.3) is 0 Å². The van der Waals surface area contributed by atoms with Gasteiger partial charge in [-0.05, 0) is 31.2 Å². The molecule has 0 aliphatic rings. The molecule has 1 aromatic heterocycles. The van der Waals surface area contributed by atoms with Crippen LogP contribution in [0.25, 0.3) is 10.9 Å². The minimum Gasteiger partial charge on any atom is -0.255 e. The molecule has 2 aromatic carbocycles. The Morgan fingerprint density at radius 1 is 0.889 bits per heavy atom. The molecule has 1 heterocycles. The third kappa shape index (κ3) is 2.24. The molecular weight excluding hydrogens is 238 g/mol. The quantitative estimate of drug-likeness (QED) is 0.655. The second-order valence-electron chi connectivity index (χ2n) is 4.25. The standard InChI is InChI=1S/C16H13NS/c1-12-7-9-14(10-8-12)18-15-6-2-4-13-5-3-11-17-16(13)15/h2-11H,1H3. The molecule has 18 heavy (non-hydrogen) atoms. The first-order valence-corrected chi connectivity index (χ1v) is 6.73. The predicted octanol–water partition coefficient (Wildman–Crippen LogP) is 4.69. The van der Waals surface area contributed by atoms with Crippen LogP contribution >= 0.6 is 11.8 Å². The Kier molecular flexibility index (Phi) is 3.03. The van der Waals surface area contributed by atoms with E-state index in [9.17, 15) is 0 Å². The predicted molar refractivity (Wildman–Crippen MR) is 77.0 cm³/mol. The van der Waals surface area contributed by atoms with E-state index in [-0.39, 0.29) is 0 Å². The molecule has 2 heteroatoms. The average molecular weight is 251 g/mol. The number of aromatic nitrogens is 1. The molecule has 0 saturated carbocycles. The maximum absolute atomic E-state index is 4.47. The van der Waals surface area contributed by atoms with E-state index in [1.807, 2.05) is 12.3 Å². The fraction of sp³-hybridized carbons (Fsp3) is 0.0625. The highest BCUT2D eigenvalue weighted by atomic mass is 32.2. The molecule has 0 atom stereocenters. The summed E-state index contributed by atoms with van der Waals surface area (Å²) in [5, 5.41) is 1.19. The molecule has 1 nitrogen and oxygen atoms in total. The molecule has 0 N–H and O–H groups in total. The van der Waals surface area contributed by atoms with Crippen LogP contribution in [0.4, 0.5) is 0 Å². The van der Waals surface area contributed by atoms with Gasteiger partial charge in [0.2, 0.25) is 0 Å². The Morgan fingerprint density at radius 2 is 1.67 bits per heavy atom. The van der Waals surface area contributed by atoms with Gasteiger partial charge in [-0.2, -0.15) is 0 Å². The maximum atomic E-state index is 4.47. The minimum atomic E-state index is 1.07. The summed E-state index contributed by atoms with van der Waals surface area (Å²) in [7, 11) is 0. The molecular formula is C16H13NS. The Bertz CT molecular complexity index is 669. The van der Waals surface area contributed by atoms with E-state index in [1.165, 1.54) is 20.7 Å². The van der Waals surface area contributed by atoms with Crippen LogP contribution in [-0.2, 0) is 0 Å². The van der Waals surface area contributed by atoms with Crippen LogP contribution in [-0.4, -0.2) is 4.98 Å². The Balaban J connectivity index is 2.02. The molecule has 88 valence electrons. The van der Waals surface area contributed by atoms with Crippen LogP contribution < -0.4 is 0 Å². The van der Waals surface area contributed by atoms with Crippen LogP contribution in [0.5, 0.6) is 0 Å². The summed E-state index contributed by atoms with van der Waals surface area (Å²) in [6.07, 6.45) is 1.85. The number of fused-ring (bicyclic) bond motifs is 1. The van der Waals surface area contributed by atoms with Crippen LogP contribution in [0.15, 0.2) is 70.6 Å². The number of nitrogens with zero attached hydrogens (tertiary/aromatic N) is 1. The van der Waals surface area contributed by atoms with Crippen molar-refractivity contribution in [2.75, 3.05) is 0 Å². The van der Waals surface area contributed by atoms with Crippen molar-refractivity contribution in [3.05, 3.63) is 66.4 Å². The van der Waals surface area contributed by atoms with Gasteiger partial charge in [-0.25, -0.2) is 0 Å². The minimum absolute atomic E-state index is 1.07. The molecule has 0 aliphatic carbocycles. The SMILES string of the molecule is Cc1ccc(Sc2cccc3cccnc23)cc1. The summed E-state index contributed by atoms with van der Waals surface area (Å²) < 4.78 is 0. The van der Waals surface area contributed by atoms with E-state index in [2.05, 4.69) is 60.4 Å². The molecule has 0 aliphatic heterocycles. The molecule has 0 amide bonds. The highest BCUT2D eigenvalue weighted by molar-refractivity contribution is 7.99. The lowest BCUT2D eigenvalue weighted by Crippen LogP contribution is -1.81. The number of rotatable bonds is 2. The lowest BCUT2D eigenvalue weighted by atomic mass is 10.2. The summed E-state index contributed by atoms with van der Waals surface area (Å²) in [5.41, 5.74) is 2.36. The van der Waals surface area contributed by atoms with Crippen LogP contribution in [0.1, 0.15) is 5.56 Å². The van der Waals surface area contributed by atoms with Crippen LogP contribution in [0, 0.1) is 6.92 Å². The number of hydrogen-bond donors (Lipinski definition) is 0. The first-order chi connectivity index (χ1) is 8.83. The van der Waals surface area contributed by atoms with Crippen molar-refractivity contribution in [2.45, 2.75) is 16.7 Å². The number of pyridine rings is 1. The average Bonchev–Trinajstić information content (AvgIpc) is 2.42. The highest BCUT2D eigenvalue weighted by Gasteiger charge is 2.03. The highest BCUT2D eigenvalue weighted by Crippen LogP contribution is 2.32. The van der Waals surface area contributed by atoms with Crippen LogP contribution in [0.3, 0.4) is 0 Å². The fourth-order valence-electron chi connectivity index (χ4n) is 1.89. The first-order valence-electron chi connectivity index (χ1n) is 5.91. The van der Waals surface area contributed by atoms with Crippen molar-refractivity contribution in [1.82, 2.24) is 4.98 Å². The molecule has 0 radical (unpaired) electrons. The zero-order valence-electron chi connectivity index (χ0n) is 10.1. The topological polar surface area (TPSA) is 12.9 Å². The fourth-order valence-corrected chi connectivity index (χ4v) is 2.83. The van der Waals surface area contributed by atoms with E-state index in [1.54, 1.807) is 11.8 Å². The van der Waals surface area contributed by atoms with E-state index in [0.29, 0.717) is 0 Å². The Labute approximate surface area is 111 Å². The van der Waals surface area contributed by atoms with Gasteiger partial charge in [0.05, 0.1) is 5.52 Å². The van der Waals surface area contributed by atoms with E-state index >= 15 is 0 Å². The molecule has 0 unspecified atom stereocenters. The van der Waals surface area contributed by atoms with Gasteiger partial charge in [0.1, 0.15) is 0 Å². The second-order valence-corrected chi connectivity index (χ2v) is 5.36. The summed E-state index contributed by atoms with van der Waals surface area (Å²) in [4.78, 5) is 6.93. The van der Waals surface area contributed by atoms with Gasteiger partial charge in [0.15, 0.2) is 0 Å². The van der Waals surface area contributed by atoms with E-state index in [0.717, 1.165) is 5.52 Å². The largest absolute Gasteiger partial charge is 0.255 e. The van der Waals surface area contributed by atoms with Crippen molar-refractivity contribution >= 4 is 22.7 Å². The summed E-state index contributed by atoms with van der Waals surface area (Å²) >= 11 is 1.76. The summed E-state index contributed by atoms with van der Waals surface area (Å²) in [6.45, 7) is 2.11. The first kappa shape index (κ1) is 11.3. The van der Waals surface area contributed by atoms with Crippen LogP contribution in [0.2, 0.25) is 0 Å². The van der Waals surface area contributed by atoms with Gasteiger partial charge in [-0.1, -0.05) is 47.7 Å². The maximum Gasteiger partial charge on any atom is 0.0841 e. The molecule has 3 aromatic rings. The molecule has 0 spiro atoms. The zero-order valence-corrected chi connectivity index (χ0v) is 10.9. The number of benzene rings is 2. The normalized spacial score (nSPS) is 10.7. The van der Waals surface area contributed by atoms with Gasteiger partial charge >= 0.3 is 0 Å². The van der Waals surface area contributed by atoms with Crippen molar-refractivity contribution in [1.29, 1.82) is 0 Å². The summed E-state index contributed by atoms with van der Waals surface area (Å²) in [6, 6.07) is 19.0. The van der Waals surface area contributed by atoms with Gasteiger partial charge < -0.3 is 0 Å². The van der Waals surface area contributed by atoms with Gasteiger partial charge in [-0.15, -0.1) is 0 Å². The van der Waals surface area contributed by atoms with Crippen molar-refractivity contribution in [3.8, 4) is 0 Å². The smallest absolute Gasteiger partial charge is 0.0841 e. The number of hydrogen-bond acceptors (Lipinski definition) is 2. The van der Waals surface area contributed by atoms with Crippen molar-refractivity contribution in [2.24, 2.45) is 0 Å². The summed E-state index contributed by atoms with van der Waals surface area (Å²) in [5.74, 6) is 0. The Morgan fingerprint density at radius 3 is 2.50 bits per heavy atom. The number of para-hydroxylation sites is 1. The monoisotopic (exact) mass is 251 g/mol. The lowest BCUT2D eigenvalue weighted by Gasteiger charge is -2.05. The number of aryl methyl sites for hydroxylation is 1. The second kappa shape index (κ2) is 4.83. The van der Waals surface area contributed by atoms with Gasteiger partial charge in [-0.3, -0.25) is 4.98 Å². The molecule has 0 fully saturated rings. The van der Waals surface area contributed by atoms with Gasteiger partial charge in [0, 0.05) is 21.4 Å². The van der Waals surface area contributed by atoms with E-state index < -0.39 is 0 Å². The molecule has 0 saturated heterocycles.